The van der Waals surface area contributed by atoms with Crippen LogP contribution in [0.25, 0.3) is 0 Å². The summed E-state index contributed by atoms with van der Waals surface area (Å²) in [5.41, 5.74) is 3.30. The average Bonchev–Trinajstić information content (AvgIpc) is 2.24. The van der Waals surface area contributed by atoms with Gasteiger partial charge in [0.15, 0.2) is 0 Å². The molecule has 0 saturated carbocycles. The van der Waals surface area contributed by atoms with Gasteiger partial charge >= 0.3 is 0 Å². The lowest BCUT2D eigenvalue weighted by atomic mass is 10.1. The monoisotopic (exact) mass is 235 g/mol. The number of rotatable bonds is 4. The second-order valence-corrected chi connectivity index (χ2v) is 4.65. The molecule has 0 aliphatic rings. The predicted molar refractivity (Wildman–Crippen MR) is 69.2 cm³/mol. The Balaban J connectivity index is 2.86. The zero-order chi connectivity index (χ0) is 13.0. The Bertz CT molecular complexity index is 411. The van der Waals surface area contributed by atoms with Gasteiger partial charge in [-0.15, -0.1) is 0 Å². The highest BCUT2D eigenvalue weighted by atomic mass is 16.5. The summed E-state index contributed by atoms with van der Waals surface area (Å²) in [6, 6.07) is 4.12. The Kier molecular flexibility index (Phi) is 4.55. The van der Waals surface area contributed by atoms with Crippen LogP contribution in [0.3, 0.4) is 0 Å². The highest BCUT2D eigenvalue weighted by Gasteiger charge is 2.10. The van der Waals surface area contributed by atoms with E-state index in [0.717, 1.165) is 16.9 Å². The number of nitrogens with one attached hydrogen (secondary N) is 1. The minimum absolute atomic E-state index is 0.00639. The Morgan fingerprint density at radius 3 is 2.53 bits per heavy atom. The molecule has 0 spiro atoms. The molecule has 0 bridgehead atoms. The van der Waals surface area contributed by atoms with Gasteiger partial charge in [-0.05, 0) is 19.4 Å². The lowest BCUT2D eigenvalue weighted by Crippen LogP contribution is -2.27. The topological polar surface area (TPSA) is 38.3 Å². The van der Waals surface area contributed by atoms with E-state index in [2.05, 4.69) is 11.4 Å². The first-order valence-electron chi connectivity index (χ1n) is 5.87. The van der Waals surface area contributed by atoms with E-state index in [0.29, 0.717) is 6.54 Å². The zero-order valence-electron chi connectivity index (χ0n) is 11.3. The largest absolute Gasteiger partial charge is 0.496 e. The van der Waals surface area contributed by atoms with Crippen LogP contribution < -0.4 is 10.1 Å². The fourth-order valence-electron chi connectivity index (χ4n) is 1.85. The number of hydrogen-bond donors (Lipinski definition) is 1. The van der Waals surface area contributed by atoms with Crippen molar-refractivity contribution in [3.8, 4) is 5.75 Å². The van der Waals surface area contributed by atoms with Crippen molar-refractivity contribution in [2.45, 2.75) is 34.2 Å². The van der Waals surface area contributed by atoms with E-state index in [4.69, 9.17) is 4.74 Å². The van der Waals surface area contributed by atoms with Crippen molar-refractivity contribution in [1.82, 2.24) is 5.32 Å². The van der Waals surface area contributed by atoms with E-state index in [1.807, 2.05) is 33.8 Å². The fourth-order valence-corrected chi connectivity index (χ4v) is 1.85. The Morgan fingerprint density at radius 2 is 2.00 bits per heavy atom. The lowest BCUT2D eigenvalue weighted by molar-refractivity contribution is -0.124. The predicted octanol–water partition coefficient (Wildman–Crippen LogP) is 2.58. The number of ether oxygens (including phenoxy) is 1. The molecule has 0 saturated heterocycles. The second kappa shape index (κ2) is 5.71. The summed E-state index contributed by atoms with van der Waals surface area (Å²) < 4.78 is 5.37. The molecule has 0 atom stereocenters. The zero-order valence-corrected chi connectivity index (χ0v) is 11.3. The minimum atomic E-state index is 0.00639. The first-order valence-corrected chi connectivity index (χ1v) is 5.87. The van der Waals surface area contributed by atoms with Crippen LogP contribution in [0.1, 0.15) is 30.5 Å². The Morgan fingerprint density at radius 1 is 1.35 bits per heavy atom. The van der Waals surface area contributed by atoms with Crippen LogP contribution in [0.2, 0.25) is 0 Å². The van der Waals surface area contributed by atoms with Gasteiger partial charge < -0.3 is 10.1 Å². The van der Waals surface area contributed by atoms with Gasteiger partial charge in [0.05, 0.1) is 7.11 Å². The summed E-state index contributed by atoms with van der Waals surface area (Å²) >= 11 is 0. The van der Waals surface area contributed by atoms with Crippen LogP contribution in [0.5, 0.6) is 5.75 Å². The van der Waals surface area contributed by atoms with Crippen LogP contribution in [0.15, 0.2) is 12.1 Å². The molecule has 1 aromatic carbocycles. The van der Waals surface area contributed by atoms with Gasteiger partial charge in [0.2, 0.25) is 5.91 Å². The van der Waals surface area contributed by atoms with E-state index in [1.165, 1.54) is 5.56 Å². The highest BCUT2D eigenvalue weighted by Crippen LogP contribution is 2.24. The summed E-state index contributed by atoms with van der Waals surface area (Å²) in [4.78, 5) is 11.5. The molecule has 3 nitrogen and oxygen atoms in total. The maximum atomic E-state index is 11.5. The summed E-state index contributed by atoms with van der Waals surface area (Å²) in [7, 11) is 1.66. The molecule has 0 fully saturated rings. The molecule has 0 radical (unpaired) electrons. The van der Waals surface area contributed by atoms with Gasteiger partial charge in [0, 0.05) is 18.0 Å². The van der Waals surface area contributed by atoms with Crippen molar-refractivity contribution in [3.05, 3.63) is 28.8 Å². The van der Waals surface area contributed by atoms with E-state index in [-0.39, 0.29) is 11.8 Å². The number of carbonyl (C=O) groups is 1. The van der Waals surface area contributed by atoms with Crippen LogP contribution >= 0.6 is 0 Å². The standard InChI is InChI=1S/C14H21NO2/c1-9(2)14(16)15-8-12-7-10(3)6-11(4)13(12)17-5/h6-7,9H,8H2,1-5H3,(H,15,16). The summed E-state index contributed by atoms with van der Waals surface area (Å²) in [6.45, 7) is 8.34. The molecule has 0 aliphatic heterocycles. The lowest BCUT2D eigenvalue weighted by Gasteiger charge is -2.14. The molecule has 0 heterocycles. The molecule has 1 amide bonds. The van der Waals surface area contributed by atoms with E-state index >= 15 is 0 Å². The van der Waals surface area contributed by atoms with Crippen molar-refractivity contribution in [1.29, 1.82) is 0 Å². The van der Waals surface area contributed by atoms with Crippen molar-refractivity contribution in [2.75, 3.05) is 7.11 Å². The molecule has 0 aromatic heterocycles. The van der Waals surface area contributed by atoms with Gasteiger partial charge in [0.25, 0.3) is 0 Å². The van der Waals surface area contributed by atoms with Gasteiger partial charge in [-0.1, -0.05) is 31.5 Å². The molecule has 0 aliphatic carbocycles. The fraction of sp³-hybridized carbons (Fsp3) is 0.500. The molecule has 1 N–H and O–H groups in total. The molecule has 1 aromatic rings. The Labute approximate surface area is 103 Å². The van der Waals surface area contributed by atoms with Crippen LogP contribution in [-0.2, 0) is 11.3 Å². The van der Waals surface area contributed by atoms with E-state index in [1.54, 1.807) is 7.11 Å². The Hall–Kier alpha value is -1.51. The van der Waals surface area contributed by atoms with Crippen LogP contribution in [0.4, 0.5) is 0 Å². The number of hydrogen-bond acceptors (Lipinski definition) is 2. The quantitative estimate of drug-likeness (QED) is 0.871. The molecule has 1 rings (SSSR count). The van der Waals surface area contributed by atoms with Gasteiger partial charge in [-0.2, -0.15) is 0 Å². The molecule has 3 heteroatoms. The van der Waals surface area contributed by atoms with Gasteiger partial charge in [0.1, 0.15) is 5.75 Å². The normalized spacial score (nSPS) is 10.5. The number of amides is 1. The molecule has 17 heavy (non-hydrogen) atoms. The molecule has 0 unspecified atom stereocenters. The van der Waals surface area contributed by atoms with Crippen molar-refractivity contribution >= 4 is 5.91 Å². The van der Waals surface area contributed by atoms with E-state index in [9.17, 15) is 4.79 Å². The third kappa shape index (κ3) is 3.48. The number of aryl methyl sites for hydroxylation is 2. The van der Waals surface area contributed by atoms with Gasteiger partial charge in [-0.3, -0.25) is 4.79 Å². The second-order valence-electron chi connectivity index (χ2n) is 4.65. The molecule has 94 valence electrons. The van der Waals surface area contributed by atoms with Crippen LogP contribution in [-0.4, -0.2) is 13.0 Å². The number of benzene rings is 1. The van der Waals surface area contributed by atoms with Crippen molar-refractivity contribution < 1.29 is 9.53 Å². The smallest absolute Gasteiger partial charge is 0.222 e. The molecular formula is C14H21NO2. The van der Waals surface area contributed by atoms with Gasteiger partial charge in [-0.25, -0.2) is 0 Å². The van der Waals surface area contributed by atoms with Crippen LogP contribution in [0, 0.1) is 19.8 Å². The summed E-state index contributed by atoms with van der Waals surface area (Å²) in [6.07, 6.45) is 0. The van der Waals surface area contributed by atoms with Crippen molar-refractivity contribution in [3.63, 3.8) is 0 Å². The number of carbonyl (C=O) groups excluding carboxylic acids is 1. The molecular weight excluding hydrogens is 214 g/mol. The first-order chi connectivity index (χ1) is 7.95. The van der Waals surface area contributed by atoms with E-state index < -0.39 is 0 Å². The maximum absolute atomic E-state index is 11.5. The average molecular weight is 235 g/mol. The highest BCUT2D eigenvalue weighted by molar-refractivity contribution is 5.77. The third-order valence-electron chi connectivity index (χ3n) is 2.68. The van der Waals surface area contributed by atoms with Crippen molar-refractivity contribution in [2.24, 2.45) is 5.92 Å². The summed E-state index contributed by atoms with van der Waals surface area (Å²) in [5, 5.41) is 2.91. The number of methoxy groups -OCH3 is 1. The third-order valence-corrected chi connectivity index (χ3v) is 2.68. The maximum Gasteiger partial charge on any atom is 0.222 e. The SMILES string of the molecule is COc1c(C)cc(C)cc1CNC(=O)C(C)C. The summed E-state index contributed by atoms with van der Waals surface area (Å²) in [5.74, 6) is 0.928. The minimum Gasteiger partial charge on any atom is -0.496 e. The first kappa shape index (κ1) is 13.6.